The molecule has 0 aliphatic rings. The van der Waals surface area contributed by atoms with Crippen LogP contribution in [0, 0.1) is 5.41 Å². The topological polar surface area (TPSA) is 15.3 Å². The Kier molecular flexibility index (Phi) is 6.97. The predicted octanol–water partition coefficient (Wildman–Crippen LogP) is 4.39. The number of likely N-dealkylation sites (N-methyl/N-ethyl adjacent to an activating group) is 1. The second-order valence-electron chi connectivity index (χ2n) is 6.76. The third-order valence-corrected chi connectivity index (χ3v) is 4.11. The van der Waals surface area contributed by atoms with Crippen molar-refractivity contribution in [3.8, 4) is 0 Å². The van der Waals surface area contributed by atoms with E-state index < -0.39 is 0 Å². The molecule has 0 heterocycles. The van der Waals surface area contributed by atoms with E-state index in [0.29, 0.717) is 6.04 Å². The summed E-state index contributed by atoms with van der Waals surface area (Å²) in [6.45, 7) is 16.8. The van der Waals surface area contributed by atoms with Crippen molar-refractivity contribution in [1.29, 1.82) is 0 Å². The fourth-order valence-corrected chi connectivity index (χ4v) is 2.33. The van der Waals surface area contributed by atoms with Crippen LogP contribution in [0.1, 0.15) is 47.1 Å². The SMILES string of the molecule is CCN(CC)C[C@@H](N/C=C(/C)c1ccccc1)C(C)(C)C. The maximum Gasteiger partial charge on any atom is 0.0431 e. The van der Waals surface area contributed by atoms with Crippen molar-refractivity contribution < 1.29 is 0 Å². The maximum atomic E-state index is 3.65. The van der Waals surface area contributed by atoms with Crippen LogP contribution in [0.4, 0.5) is 0 Å². The molecule has 0 amide bonds. The highest BCUT2D eigenvalue weighted by molar-refractivity contribution is 5.63. The van der Waals surface area contributed by atoms with E-state index in [0.717, 1.165) is 19.6 Å². The summed E-state index contributed by atoms with van der Waals surface area (Å²) in [5.74, 6) is 0. The largest absolute Gasteiger partial charge is 0.386 e. The summed E-state index contributed by atoms with van der Waals surface area (Å²) in [7, 11) is 0. The zero-order chi connectivity index (χ0) is 15.9. The number of nitrogens with one attached hydrogen (secondary N) is 1. The second-order valence-corrected chi connectivity index (χ2v) is 6.76. The number of rotatable bonds is 7. The van der Waals surface area contributed by atoms with Gasteiger partial charge in [0, 0.05) is 18.8 Å². The molecule has 1 atom stereocenters. The Bertz CT molecular complexity index is 425. The molecule has 0 aliphatic heterocycles. The molecule has 0 radical (unpaired) electrons. The van der Waals surface area contributed by atoms with Crippen molar-refractivity contribution in [2.75, 3.05) is 19.6 Å². The molecule has 0 aliphatic carbocycles. The fourth-order valence-electron chi connectivity index (χ4n) is 2.33. The third kappa shape index (κ3) is 5.92. The summed E-state index contributed by atoms with van der Waals surface area (Å²) in [4.78, 5) is 2.48. The molecule has 1 N–H and O–H groups in total. The van der Waals surface area contributed by atoms with Crippen molar-refractivity contribution in [3.63, 3.8) is 0 Å². The average molecular weight is 288 g/mol. The van der Waals surface area contributed by atoms with Crippen molar-refractivity contribution in [2.45, 2.75) is 47.6 Å². The van der Waals surface area contributed by atoms with Crippen LogP contribution in [-0.4, -0.2) is 30.6 Å². The lowest BCUT2D eigenvalue weighted by molar-refractivity contribution is 0.194. The molecule has 0 spiro atoms. The molecule has 2 nitrogen and oxygen atoms in total. The lowest BCUT2D eigenvalue weighted by atomic mass is 9.86. The third-order valence-electron chi connectivity index (χ3n) is 4.11. The molecule has 118 valence electrons. The van der Waals surface area contributed by atoms with Crippen LogP contribution in [0.5, 0.6) is 0 Å². The molecule has 0 saturated heterocycles. The fraction of sp³-hybridized carbons (Fsp3) is 0.579. The van der Waals surface area contributed by atoms with Crippen LogP contribution in [0.15, 0.2) is 36.5 Å². The summed E-state index contributed by atoms with van der Waals surface area (Å²) in [6.07, 6.45) is 2.18. The maximum absolute atomic E-state index is 3.65. The van der Waals surface area contributed by atoms with E-state index >= 15 is 0 Å². The molecule has 0 unspecified atom stereocenters. The van der Waals surface area contributed by atoms with Gasteiger partial charge in [-0.3, -0.25) is 0 Å². The first-order chi connectivity index (χ1) is 9.88. The van der Waals surface area contributed by atoms with Crippen LogP contribution in [0.2, 0.25) is 0 Å². The van der Waals surface area contributed by atoms with Crippen LogP contribution in [0.25, 0.3) is 5.57 Å². The van der Waals surface area contributed by atoms with Gasteiger partial charge in [0.1, 0.15) is 0 Å². The van der Waals surface area contributed by atoms with E-state index in [4.69, 9.17) is 0 Å². The van der Waals surface area contributed by atoms with Crippen molar-refractivity contribution in [1.82, 2.24) is 10.2 Å². The van der Waals surface area contributed by atoms with Gasteiger partial charge in [0.05, 0.1) is 0 Å². The van der Waals surface area contributed by atoms with Gasteiger partial charge in [-0.2, -0.15) is 0 Å². The molecular formula is C19H32N2. The Hall–Kier alpha value is -1.28. The van der Waals surface area contributed by atoms with E-state index in [2.05, 4.69) is 88.3 Å². The zero-order valence-corrected chi connectivity index (χ0v) is 14.6. The first kappa shape index (κ1) is 17.8. The van der Waals surface area contributed by atoms with Gasteiger partial charge in [-0.25, -0.2) is 0 Å². The van der Waals surface area contributed by atoms with Crippen LogP contribution in [0.3, 0.4) is 0 Å². The van der Waals surface area contributed by atoms with Crippen LogP contribution in [-0.2, 0) is 0 Å². The summed E-state index contributed by atoms with van der Waals surface area (Å²) in [5, 5.41) is 3.65. The lowest BCUT2D eigenvalue weighted by Crippen LogP contribution is -2.46. The molecule has 0 fully saturated rings. The van der Waals surface area contributed by atoms with Gasteiger partial charge in [0.25, 0.3) is 0 Å². The van der Waals surface area contributed by atoms with Crippen LogP contribution < -0.4 is 5.32 Å². The van der Waals surface area contributed by atoms with Crippen LogP contribution >= 0.6 is 0 Å². The van der Waals surface area contributed by atoms with Gasteiger partial charge >= 0.3 is 0 Å². The van der Waals surface area contributed by atoms with Crippen molar-refractivity contribution in [3.05, 3.63) is 42.1 Å². The summed E-state index contributed by atoms with van der Waals surface area (Å²) < 4.78 is 0. The minimum absolute atomic E-state index is 0.232. The highest BCUT2D eigenvalue weighted by atomic mass is 15.1. The number of benzene rings is 1. The Balaban J connectivity index is 2.78. The minimum atomic E-state index is 0.232. The molecule has 0 saturated carbocycles. The van der Waals surface area contributed by atoms with Crippen molar-refractivity contribution in [2.24, 2.45) is 5.41 Å². The molecule has 0 aromatic heterocycles. The second kappa shape index (κ2) is 8.23. The molecule has 1 aromatic carbocycles. The molecule has 21 heavy (non-hydrogen) atoms. The van der Waals surface area contributed by atoms with Crippen molar-refractivity contribution >= 4 is 5.57 Å². The minimum Gasteiger partial charge on any atom is -0.386 e. The summed E-state index contributed by atoms with van der Waals surface area (Å²) in [5.41, 5.74) is 2.79. The van der Waals surface area contributed by atoms with E-state index in [-0.39, 0.29) is 5.41 Å². The van der Waals surface area contributed by atoms with E-state index in [1.807, 2.05) is 0 Å². The number of hydrogen-bond acceptors (Lipinski definition) is 2. The Morgan fingerprint density at radius 1 is 1.14 bits per heavy atom. The Labute approximate surface area is 131 Å². The summed E-state index contributed by atoms with van der Waals surface area (Å²) in [6, 6.07) is 11.0. The lowest BCUT2D eigenvalue weighted by Gasteiger charge is -2.35. The van der Waals surface area contributed by atoms with E-state index in [1.165, 1.54) is 11.1 Å². The predicted molar refractivity (Wildman–Crippen MR) is 94.3 cm³/mol. The van der Waals surface area contributed by atoms with E-state index in [1.54, 1.807) is 0 Å². The van der Waals surface area contributed by atoms with Gasteiger partial charge in [-0.05, 0) is 36.6 Å². The Morgan fingerprint density at radius 2 is 1.71 bits per heavy atom. The molecule has 0 bridgehead atoms. The van der Waals surface area contributed by atoms with Gasteiger partial charge < -0.3 is 10.2 Å². The average Bonchev–Trinajstić information content (AvgIpc) is 2.47. The first-order valence-corrected chi connectivity index (χ1v) is 8.09. The first-order valence-electron chi connectivity index (χ1n) is 8.09. The van der Waals surface area contributed by atoms with Gasteiger partial charge in [0.15, 0.2) is 0 Å². The van der Waals surface area contributed by atoms with Gasteiger partial charge in [-0.1, -0.05) is 65.0 Å². The highest BCUT2D eigenvalue weighted by Gasteiger charge is 2.25. The molecule has 2 heteroatoms. The highest BCUT2D eigenvalue weighted by Crippen LogP contribution is 2.21. The molecular weight excluding hydrogens is 256 g/mol. The molecule has 1 aromatic rings. The Morgan fingerprint density at radius 3 is 2.19 bits per heavy atom. The smallest absolute Gasteiger partial charge is 0.0431 e. The zero-order valence-electron chi connectivity index (χ0n) is 14.6. The van der Waals surface area contributed by atoms with E-state index in [9.17, 15) is 0 Å². The summed E-state index contributed by atoms with van der Waals surface area (Å²) >= 11 is 0. The normalized spacial score (nSPS) is 14.3. The standard InChI is InChI=1S/C19H32N2/c1-7-21(8-2)15-18(19(4,5)6)20-14-16(3)17-12-10-9-11-13-17/h9-14,18,20H,7-8,15H2,1-6H3/b16-14-/t18-/m1/s1. The number of allylic oxidation sites excluding steroid dienone is 1. The van der Waals surface area contributed by atoms with Gasteiger partial charge in [-0.15, -0.1) is 0 Å². The number of nitrogens with zero attached hydrogens (tertiary/aromatic N) is 1. The number of hydrogen-bond donors (Lipinski definition) is 1. The molecule has 1 rings (SSSR count). The quantitative estimate of drug-likeness (QED) is 0.800. The monoisotopic (exact) mass is 288 g/mol. The van der Waals surface area contributed by atoms with Gasteiger partial charge in [0.2, 0.25) is 0 Å².